The summed E-state index contributed by atoms with van der Waals surface area (Å²) in [6.07, 6.45) is 3.74. The first-order valence-electron chi connectivity index (χ1n) is 6.90. The molecule has 2 heterocycles. The van der Waals surface area contributed by atoms with E-state index in [1.165, 1.54) is 0 Å². The van der Waals surface area contributed by atoms with Crippen molar-refractivity contribution >= 4 is 23.0 Å². The van der Waals surface area contributed by atoms with Crippen LogP contribution in [0, 0.1) is 4.64 Å². The van der Waals surface area contributed by atoms with Crippen molar-refractivity contribution in [3.05, 3.63) is 53.2 Å². The molecule has 0 fully saturated rings. The van der Waals surface area contributed by atoms with Gasteiger partial charge in [-0.3, -0.25) is 4.98 Å². The average Bonchev–Trinajstić information content (AvgIpc) is 2.45. The molecule has 4 heteroatoms. The molecule has 0 saturated carbocycles. The maximum absolute atomic E-state index is 5.33. The highest BCUT2D eigenvalue weighted by atomic mass is 32.1. The van der Waals surface area contributed by atoms with E-state index < -0.39 is 0 Å². The number of hydrogen-bond acceptors (Lipinski definition) is 3. The Balaban J connectivity index is 2.29. The molecule has 0 aliphatic rings. The van der Waals surface area contributed by atoms with Crippen LogP contribution in [0.15, 0.2) is 42.7 Å². The minimum absolute atomic E-state index is 0.0818. The molecule has 0 aliphatic heterocycles. The molecule has 21 heavy (non-hydrogen) atoms. The molecule has 0 amide bonds. The van der Waals surface area contributed by atoms with Crippen molar-refractivity contribution in [1.29, 1.82) is 0 Å². The maximum Gasteiger partial charge on any atom is 0.130 e. The molecule has 0 bridgehead atoms. The third-order valence-corrected chi connectivity index (χ3v) is 3.62. The summed E-state index contributed by atoms with van der Waals surface area (Å²) in [7, 11) is 0. The molecular formula is C17H17N3S. The predicted octanol–water partition coefficient (Wildman–Crippen LogP) is 4.65. The second-order valence-corrected chi connectivity index (χ2v) is 6.56. The second kappa shape index (κ2) is 5.04. The Bertz CT molecular complexity index is 854. The number of aromatic nitrogens is 3. The second-order valence-electron chi connectivity index (χ2n) is 6.14. The highest BCUT2D eigenvalue weighted by Gasteiger charge is 2.17. The Morgan fingerprint density at radius 3 is 2.62 bits per heavy atom. The number of aromatic amines is 1. The van der Waals surface area contributed by atoms with E-state index in [0.717, 1.165) is 27.9 Å². The van der Waals surface area contributed by atoms with E-state index in [4.69, 9.17) is 12.2 Å². The minimum atomic E-state index is -0.0818. The van der Waals surface area contributed by atoms with Gasteiger partial charge in [0.1, 0.15) is 10.5 Å². The topological polar surface area (TPSA) is 41.6 Å². The lowest BCUT2D eigenvalue weighted by atomic mass is 9.95. The number of nitrogens with one attached hydrogen (secondary N) is 1. The van der Waals surface area contributed by atoms with Gasteiger partial charge in [-0.1, -0.05) is 57.3 Å². The Kier molecular flexibility index (Phi) is 3.33. The Morgan fingerprint density at radius 1 is 1.10 bits per heavy atom. The number of benzene rings is 1. The van der Waals surface area contributed by atoms with Gasteiger partial charge in [0.15, 0.2) is 0 Å². The van der Waals surface area contributed by atoms with Crippen LogP contribution in [0.25, 0.3) is 22.0 Å². The molecule has 1 N–H and O–H groups in total. The monoisotopic (exact) mass is 295 g/mol. The van der Waals surface area contributed by atoms with E-state index in [1.54, 1.807) is 0 Å². The lowest BCUT2D eigenvalue weighted by Crippen LogP contribution is -2.16. The number of fused-ring (bicyclic) bond motifs is 1. The number of H-pyrrole nitrogens is 1. The number of nitrogens with zero attached hydrogens (tertiary/aromatic N) is 2. The molecule has 3 rings (SSSR count). The summed E-state index contributed by atoms with van der Waals surface area (Å²) in [5.74, 6) is 0.887. The Morgan fingerprint density at radius 2 is 1.86 bits per heavy atom. The van der Waals surface area contributed by atoms with Gasteiger partial charge in [-0.05, 0) is 11.5 Å². The van der Waals surface area contributed by atoms with E-state index in [2.05, 4.69) is 47.9 Å². The van der Waals surface area contributed by atoms with E-state index in [0.29, 0.717) is 4.64 Å². The first-order chi connectivity index (χ1) is 9.95. The fourth-order valence-electron chi connectivity index (χ4n) is 2.29. The molecule has 0 saturated heterocycles. The van der Waals surface area contributed by atoms with Crippen LogP contribution in [0.4, 0.5) is 0 Å². The maximum atomic E-state index is 5.33. The third kappa shape index (κ3) is 2.72. The van der Waals surface area contributed by atoms with Crippen molar-refractivity contribution in [3.8, 4) is 11.3 Å². The molecule has 3 aromatic rings. The van der Waals surface area contributed by atoms with Gasteiger partial charge in [-0.25, -0.2) is 4.98 Å². The van der Waals surface area contributed by atoms with E-state index in [-0.39, 0.29) is 5.41 Å². The summed E-state index contributed by atoms with van der Waals surface area (Å²) >= 11 is 5.33. The van der Waals surface area contributed by atoms with Gasteiger partial charge in [0.25, 0.3) is 0 Å². The summed E-state index contributed by atoms with van der Waals surface area (Å²) in [6.45, 7) is 6.35. The number of rotatable bonds is 1. The molecule has 0 spiro atoms. The Labute approximate surface area is 129 Å². The molecule has 0 aliphatic carbocycles. The summed E-state index contributed by atoms with van der Waals surface area (Å²) in [5, 5.41) is 2.27. The summed E-state index contributed by atoms with van der Waals surface area (Å²) in [4.78, 5) is 12.2. The van der Waals surface area contributed by atoms with Crippen molar-refractivity contribution in [3.63, 3.8) is 0 Å². The molecular weight excluding hydrogens is 278 g/mol. The van der Waals surface area contributed by atoms with E-state index in [9.17, 15) is 0 Å². The average molecular weight is 295 g/mol. The van der Waals surface area contributed by atoms with Gasteiger partial charge in [0, 0.05) is 28.8 Å². The van der Waals surface area contributed by atoms with Gasteiger partial charge >= 0.3 is 0 Å². The van der Waals surface area contributed by atoms with Gasteiger partial charge < -0.3 is 4.98 Å². The molecule has 0 radical (unpaired) electrons. The van der Waals surface area contributed by atoms with Crippen molar-refractivity contribution < 1.29 is 0 Å². The SMILES string of the molecule is CC(C)(C)c1nc(=S)cc(-c2cncc3ccccc23)[nH]1. The van der Waals surface area contributed by atoms with Crippen molar-refractivity contribution in [1.82, 2.24) is 15.0 Å². The fraction of sp³-hybridized carbons (Fsp3) is 0.235. The van der Waals surface area contributed by atoms with Gasteiger partial charge in [-0.15, -0.1) is 0 Å². The lowest BCUT2D eigenvalue weighted by Gasteiger charge is -2.18. The van der Waals surface area contributed by atoms with Crippen LogP contribution in [-0.2, 0) is 5.41 Å². The number of pyridine rings is 1. The fourth-order valence-corrected chi connectivity index (χ4v) is 2.50. The summed E-state index contributed by atoms with van der Waals surface area (Å²) in [6, 6.07) is 10.1. The minimum Gasteiger partial charge on any atom is -0.343 e. The van der Waals surface area contributed by atoms with Crippen LogP contribution >= 0.6 is 12.2 Å². The molecule has 3 nitrogen and oxygen atoms in total. The van der Waals surface area contributed by atoms with Crippen molar-refractivity contribution in [2.24, 2.45) is 0 Å². The first-order valence-corrected chi connectivity index (χ1v) is 7.31. The third-order valence-electron chi connectivity index (χ3n) is 3.41. The lowest BCUT2D eigenvalue weighted by molar-refractivity contribution is 0.545. The predicted molar refractivity (Wildman–Crippen MR) is 88.9 cm³/mol. The number of hydrogen-bond donors (Lipinski definition) is 1. The van der Waals surface area contributed by atoms with Crippen LogP contribution < -0.4 is 0 Å². The van der Waals surface area contributed by atoms with Crippen LogP contribution in [-0.4, -0.2) is 15.0 Å². The first kappa shape index (κ1) is 13.9. The summed E-state index contributed by atoms with van der Waals surface area (Å²) in [5.41, 5.74) is 1.93. The smallest absolute Gasteiger partial charge is 0.130 e. The van der Waals surface area contributed by atoms with Crippen LogP contribution in [0.5, 0.6) is 0 Å². The van der Waals surface area contributed by atoms with E-state index in [1.807, 2.05) is 30.6 Å². The van der Waals surface area contributed by atoms with Crippen molar-refractivity contribution in [2.75, 3.05) is 0 Å². The Hall–Kier alpha value is -2.07. The zero-order valence-corrected chi connectivity index (χ0v) is 13.2. The molecule has 106 valence electrons. The van der Waals surface area contributed by atoms with Crippen LogP contribution in [0.2, 0.25) is 0 Å². The zero-order valence-electron chi connectivity index (χ0n) is 12.3. The molecule has 1 aromatic carbocycles. The molecule has 2 aromatic heterocycles. The normalized spacial score (nSPS) is 11.8. The summed E-state index contributed by atoms with van der Waals surface area (Å²) < 4.78 is 0.599. The largest absolute Gasteiger partial charge is 0.343 e. The highest BCUT2D eigenvalue weighted by Crippen LogP contribution is 2.28. The zero-order chi connectivity index (χ0) is 15.0. The van der Waals surface area contributed by atoms with Crippen molar-refractivity contribution in [2.45, 2.75) is 26.2 Å². The molecule has 0 unspecified atom stereocenters. The van der Waals surface area contributed by atoms with Gasteiger partial charge in [0.2, 0.25) is 0 Å². The quantitative estimate of drug-likeness (QED) is 0.664. The van der Waals surface area contributed by atoms with Crippen LogP contribution in [0.1, 0.15) is 26.6 Å². The van der Waals surface area contributed by atoms with E-state index >= 15 is 0 Å². The van der Waals surface area contributed by atoms with Gasteiger partial charge in [0.05, 0.1) is 5.69 Å². The standard InChI is InChI=1S/C17H17N3S/c1-17(2,3)16-19-14(8-15(21)20-16)13-10-18-9-11-6-4-5-7-12(11)13/h4-10H,1-3H3,(H,19,20,21). The molecule has 0 atom stereocenters. The highest BCUT2D eigenvalue weighted by molar-refractivity contribution is 7.71. The van der Waals surface area contributed by atoms with Gasteiger partial charge in [-0.2, -0.15) is 0 Å². The van der Waals surface area contributed by atoms with Crippen LogP contribution in [0.3, 0.4) is 0 Å².